The van der Waals surface area contributed by atoms with Crippen molar-refractivity contribution in [3.8, 4) is 0 Å². The number of hydrogen-bond donors (Lipinski definition) is 1. The quantitative estimate of drug-likeness (QED) is 0.911. The summed E-state index contributed by atoms with van der Waals surface area (Å²) in [6.45, 7) is 6.03. The topological polar surface area (TPSA) is 58.1 Å². The molecule has 5 nitrogen and oxygen atoms in total. The molecule has 5 heteroatoms. The molecule has 2 fully saturated rings. The number of fused-ring (bicyclic) bond motifs is 1. The van der Waals surface area contributed by atoms with Crippen LogP contribution < -0.4 is 5.69 Å². The fourth-order valence-corrected chi connectivity index (χ4v) is 4.69. The molecule has 2 aliphatic rings. The van der Waals surface area contributed by atoms with Crippen LogP contribution in [0.5, 0.6) is 0 Å². The monoisotopic (exact) mass is 341 g/mol. The van der Waals surface area contributed by atoms with Crippen molar-refractivity contribution in [1.29, 1.82) is 0 Å². The number of nitrogens with one attached hydrogen (secondary N) is 1. The molecule has 4 rings (SSSR count). The summed E-state index contributed by atoms with van der Waals surface area (Å²) in [5.41, 5.74) is 2.12. The summed E-state index contributed by atoms with van der Waals surface area (Å²) in [6.07, 6.45) is 4.87. The average molecular weight is 341 g/mol. The van der Waals surface area contributed by atoms with Gasteiger partial charge in [-0.1, -0.05) is 26.0 Å². The van der Waals surface area contributed by atoms with Gasteiger partial charge in [0.1, 0.15) is 0 Å². The van der Waals surface area contributed by atoms with Crippen LogP contribution in [0.1, 0.15) is 52.0 Å². The second-order valence-electron chi connectivity index (χ2n) is 8.48. The maximum absolute atomic E-state index is 12.8. The summed E-state index contributed by atoms with van der Waals surface area (Å²) in [5, 5.41) is 0. The smallest absolute Gasteiger partial charge is 0.326 e. The van der Waals surface area contributed by atoms with Gasteiger partial charge in [-0.2, -0.15) is 0 Å². The molecule has 1 aliphatic heterocycles. The third-order valence-corrected chi connectivity index (χ3v) is 6.08. The van der Waals surface area contributed by atoms with Gasteiger partial charge in [0.05, 0.1) is 11.0 Å². The molecule has 1 atom stereocenters. The number of aromatic amines is 1. The molecule has 1 unspecified atom stereocenters. The van der Waals surface area contributed by atoms with Crippen LogP contribution in [0.3, 0.4) is 0 Å². The first-order valence-electron chi connectivity index (χ1n) is 9.43. The highest BCUT2D eigenvalue weighted by Gasteiger charge is 2.38. The predicted molar refractivity (Wildman–Crippen MR) is 98.5 cm³/mol. The van der Waals surface area contributed by atoms with E-state index in [0.717, 1.165) is 56.2 Å². The Morgan fingerprint density at radius 2 is 1.88 bits per heavy atom. The number of benzene rings is 1. The zero-order valence-electron chi connectivity index (χ0n) is 15.1. The molecule has 2 aromatic rings. The molecular formula is C20H27N3O2. The Balaban J connectivity index is 1.46. The molecule has 0 spiro atoms. The van der Waals surface area contributed by atoms with Gasteiger partial charge < -0.3 is 9.88 Å². The zero-order valence-corrected chi connectivity index (χ0v) is 15.1. The van der Waals surface area contributed by atoms with Crippen molar-refractivity contribution in [2.45, 2.75) is 52.0 Å². The number of carbonyl (C=O) groups is 1. The third-order valence-electron chi connectivity index (χ3n) is 6.08. The van der Waals surface area contributed by atoms with Crippen molar-refractivity contribution < 1.29 is 4.79 Å². The van der Waals surface area contributed by atoms with Crippen molar-refractivity contribution in [3.63, 3.8) is 0 Å². The van der Waals surface area contributed by atoms with Gasteiger partial charge in [0, 0.05) is 25.0 Å². The fraction of sp³-hybridized carbons (Fsp3) is 0.600. The summed E-state index contributed by atoms with van der Waals surface area (Å²) in [7, 11) is 0. The van der Waals surface area contributed by atoms with Crippen LogP contribution in [0.25, 0.3) is 11.0 Å². The SMILES string of the molecule is CC1(C)CCC(C(=O)N2CCC(n3c(=O)[nH]c4ccccc43)CC2)C1. The van der Waals surface area contributed by atoms with Crippen LogP contribution in [-0.4, -0.2) is 33.4 Å². The minimum atomic E-state index is -0.0384. The molecule has 0 bridgehead atoms. The van der Waals surface area contributed by atoms with Crippen molar-refractivity contribution in [1.82, 2.24) is 14.5 Å². The second-order valence-corrected chi connectivity index (χ2v) is 8.48. The maximum atomic E-state index is 12.8. The number of nitrogens with zero attached hydrogens (tertiary/aromatic N) is 2. The van der Waals surface area contributed by atoms with Gasteiger partial charge in [-0.3, -0.25) is 9.36 Å². The first-order chi connectivity index (χ1) is 11.9. The molecule has 0 radical (unpaired) electrons. The molecule has 1 N–H and O–H groups in total. The van der Waals surface area contributed by atoms with Crippen LogP contribution in [0.4, 0.5) is 0 Å². The van der Waals surface area contributed by atoms with E-state index >= 15 is 0 Å². The van der Waals surface area contributed by atoms with E-state index in [2.05, 4.69) is 18.8 Å². The van der Waals surface area contributed by atoms with E-state index in [1.54, 1.807) is 0 Å². The highest BCUT2D eigenvalue weighted by Crippen LogP contribution is 2.42. The van der Waals surface area contributed by atoms with Crippen LogP contribution in [0.15, 0.2) is 29.1 Å². The largest absolute Gasteiger partial charge is 0.342 e. The van der Waals surface area contributed by atoms with E-state index < -0.39 is 0 Å². The van der Waals surface area contributed by atoms with Crippen LogP contribution in [0, 0.1) is 11.3 Å². The highest BCUT2D eigenvalue weighted by atomic mass is 16.2. The zero-order chi connectivity index (χ0) is 17.6. The first-order valence-corrected chi connectivity index (χ1v) is 9.43. The van der Waals surface area contributed by atoms with Crippen LogP contribution in [-0.2, 0) is 4.79 Å². The predicted octanol–water partition coefficient (Wildman–Crippen LogP) is 3.32. The number of aromatic nitrogens is 2. The third kappa shape index (κ3) is 3.00. The van der Waals surface area contributed by atoms with Gasteiger partial charge in [-0.25, -0.2) is 4.79 Å². The van der Waals surface area contributed by atoms with E-state index in [9.17, 15) is 9.59 Å². The van der Waals surface area contributed by atoms with Gasteiger partial charge >= 0.3 is 5.69 Å². The standard InChI is InChI=1S/C20H27N3O2/c1-20(2)10-7-14(13-20)18(24)22-11-8-15(9-12-22)23-17-6-4-3-5-16(17)21-19(23)25/h3-6,14-15H,7-13H2,1-2H3,(H,21,25). The molecule has 1 saturated carbocycles. The number of likely N-dealkylation sites (tertiary alicyclic amines) is 1. The Kier molecular flexibility index (Phi) is 3.97. The van der Waals surface area contributed by atoms with E-state index in [1.165, 1.54) is 0 Å². The van der Waals surface area contributed by atoms with E-state index in [-0.39, 0.29) is 17.6 Å². The van der Waals surface area contributed by atoms with Gasteiger partial charge in [-0.05, 0) is 49.7 Å². The van der Waals surface area contributed by atoms with Gasteiger partial charge in [0.25, 0.3) is 0 Å². The van der Waals surface area contributed by atoms with Crippen molar-refractivity contribution in [2.24, 2.45) is 11.3 Å². The summed E-state index contributed by atoms with van der Waals surface area (Å²) in [4.78, 5) is 30.1. The van der Waals surface area contributed by atoms with E-state index in [1.807, 2.05) is 33.7 Å². The Hall–Kier alpha value is -2.04. The minimum absolute atomic E-state index is 0.0384. The Labute approximate surface area is 148 Å². The lowest BCUT2D eigenvalue weighted by atomic mass is 9.90. The summed E-state index contributed by atoms with van der Waals surface area (Å²) in [6, 6.07) is 8.01. The number of piperidine rings is 1. The Bertz CT molecular complexity index is 840. The number of imidazole rings is 1. The number of hydrogen-bond acceptors (Lipinski definition) is 2. The second kappa shape index (κ2) is 6.04. The molecule has 1 amide bonds. The van der Waals surface area contributed by atoms with Crippen molar-refractivity contribution in [2.75, 3.05) is 13.1 Å². The minimum Gasteiger partial charge on any atom is -0.342 e. The molecule has 1 aliphatic carbocycles. The lowest BCUT2D eigenvalue weighted by Crippen LogP contribution is -2.42. The molecule has 25 heavy (non-hydrogen) atoms. The molecular weight excluding hydrogens is 314 g/mol. The molecule has 1 aromatic carbocycles. The van der Waals surface area contributed by atoms with E-state index in [4.69, 9.17) is 0 Å². The van der Waals surface area contributed by atoms with Gasteiger partial charge in [0.15, 0.2) is 0 Å². The molecule has 134 valence electrons. The molecule has 1 saturated heterocycles. The highest BCUT2D eigenvalue weighted by molar-refractivity contribution is 5.79. The maximum Gasteiger partial charge on any atom is 0.326 e. The summed E-state index contributed by atoms with van der Waals surface area (Å²) in [5.74, 6) is 0.526. The lowest BCUT2D eigenvalue weighted by Gasteiger charge is -2.34. The summed E-state index contributed by atoms with van der Waals surface area (Å²) >= 11 is 0. The number of amides is 1. The van der Waals surface area contributed by atoms with Gasteiger partial charge in [-0.15, -0.1) is 0 Å². The number of rotatable bonds is 2. The van der Waals surface area contributed by atoms with Gasteiger partial charge in [0.2, 0.25) is 5.91 Å². The normalized spacial score (nSPS) is 24.1. The summed E-state index contributed by atoms with van der Waals surface area (Å²) < 4.78 is 1.88. The number of carbonyl (C=O) groups excluding carboxylic acids is 1. The lowest BCUT2D eigenvalue weighted by molar-refractivity contribution is -0.136. The van der Waals surface area contributed by atoms with Crippen LogP contribution >= 0.6 is 0 Å². The first kappa shape index (κ1) is 16.4. The molecule has 1 aromatic heterocycles. The van der Waals surface area contributed by atoms with Crippen molar-refractivity contribution >= 4 is 16.9 Å². The number of H-pyrrole nitrogens is 1. The fourth-order valence-electron chi connectivity index (χ4n) is 4.69. The van der Waals surface area contributed by atoms with E-state index in [0.29, 0.717) is 11.3 Å². The Morgan fingerprint density at radius 3 is 2.56 bits per heavy atom. The Morgan fingerprint density at radius 1 is 1.16 bits per heavy atom. The van der Waals surface area contributed by atoms with Crippen molar-refractivity contribution in [3.05, 3.63) is 34.7 Å². The molecule has 2 heterocycles. The average Bonchev–Trinajstić information content (AvgIpc) is 3.13. The van der Waals surface area contributed by atoms with Crippen LogP contribution in [0.2, 0.25) is 0 Å². The number of para-hydroxylation sites is 2.